The average Bonchev–Trinajstić information content (AvgIpc) is 3.32. The standard InChI is InChI=1S/C27H34N6O4S/c1-37-23-10-5-18(17-22(23)33(35)36)24(34)25-26(28)30-27(38-25)29-19-6-8-20(9-7-19)32-15-11-21(12-16-32)31-13-3-2-4-14-31/h5-8,10,17,20-21H,2-4,9,11-16,28H2,1H3,(H,29,30). The lowest BCUT2D eigenvalue weighted by Gasteiger charge is -2.42. The summed E-state index contributed by atoms with van der Waals surface area (Å²) in [7, 11) is 1.35. The molecule has 1 atom stereocenters. The first-order valence-electron chi connectivity index (χ1n) is 13.2. The van der Waals surface area contributed by atoms with Gasteiger partial charge in [0.1, 0.15) is 10.7 Å². The van der Waals surface area contributed by atoms with Gasteiger partial charge in [0.2, 0.25) is 5.78 Å². The highest BCUT2D eigenvalue weighted by Gasteiger charge is 2.29. The van der Waals surface area contributed by atoms with Crippen LogP contribution in [0.4, 0.5) is 16.6 Å². The molecular formula is C27H34N6O4S. The third-order valence-corrected chi connectivity index (χ3v) is 8.69. The van der Waals surface area contributed by atoms with Gasteiger partial charge in [-0.3, -0.25) is 19.8 Å². The third kappa shape index (κ3) is 5.74. The Bertz CT molecular complexity index is 1240. The van der Waals surface area contributed by atoms with Crippen molar-refractivity contribution in [2.45, 2.75) is 50.6 Å². The fourth-order valence-electron chi connectivity index (χ4n) is 5.62. The number of nitrogens with one attached hydrogen (secondary N) is 1. The molecule has 1 unspecified atom stereocenters. The van der Waals surface area contributed by atoms with E-state index in [0.29, 0.717) is 11.2 Å². The van der Waals surface area contributed by atoms with Crippen LogP contribution in [-0.2, 0) is 0 Å². The molecule has 2 aromatic rings. The van der Waals surface area contributed by atoms with Gasteiger partial charge in [0.05, 0.1) is 12.0 Å². The van der Waals surface area contributed by atoms with E-state index >= 15 is 0 Å². The summed E-state index contributed by atoms with van der Waals surface area (Å²) in [4.78, 5) is 33.7. The van der Waals surface area contributed by atoms with Crippen LogP contribution in [0.2, 0.25) is 0 Å². The molecule has 10 nitrogen and oxygen atoms in total. The number of nitro groups is 1. The first-order chi connectivity index (χ1) is 18.4. The first-order valence-corrected chi connectivity index (χ1v) is 14.0. The summed E-state index contributed by atoms with van der Waals surface area (Å²) in [5.41, 5.74) is 6.85. The maximum absolute atomic E-state index is 13.1. The highest BCUT2D eigenvalue weighted by molar-refractivity contribution is 7.18. The highest BCUT2D eigenvalue weighted by atomic mass is 32.1. The molecule has 3 heterocycles. The van der Waals surface area contributed by atoms with Crippen molar-refractivity contribution >= 4 is 33.8 Å². The number of piperidine rings is 2. The number of hydrogen-bond donors (Lipinski definition) is 2. The van der Waals surface area contributed by atoms with Crippen LogP contribution in [0.25, 0.3) is 0 Å². The van der Waals surface area contributed by atoms with Crippen LogP contribution in [0, 0.1) is 10.1 Å². The van der Waals surface area contributed by atoms with Gasteiger partial charge >= 0.3 is 5.69 Å². The Hall–Kier alpha value is -3.28. The van der Waals surface area contributed by atoms with Crippen molar-refractivity contribution in [3.8, 4) is 5.75 Å². The van der Waals surface area contributed by atoms with Crippen molar-refractivity contribution in [2.75, 3.05) is 44.3 Å². The van der Waals surface area contributed by atoms with Gasteiger partial charge in [-0.2, -0.15) is 0 Å². The number of hydrogen-bond acceptors (Lipinski definition) is 10. The van der Waals surface area contributed by atoms with E-state index in [9.17, 15) is 14.9 Å². The maximum atomic E-state index is 13.1. The molecule has 0 amide bonds. The topological polar surface area (TPSA) is 127 Å². The number of likely N-dealkylation sites (tertiary alicyclic amines) is 2. The Labute approximate surface area is 226 Å². The minimum Gasteiger partial charge on any atom is -0.490 e. The third-order valence-electron chi connectivity index (χ3n) is 7.70. The number of nitrogens with two attached hydrogens (primary N) is 1. The molecule has 0 radical (unpaired) electrons. The Balaban J connectivity index is 1.17. The number of methoxy groups -OCH3 is 1. The van der Waals surface area contributed by atoms with Gasteiger partial charge in [-0.25, -0.2) is 4.98 Å². The second-order valence-corrected chi connectivity index (χ2v) is 11.0. The van der Waals surface area contributed by atoms with Crippen molar-refractivity contribution in [3.63, 3.8) is 0 Å². The van der Waals surface area contributed by atoms with E-state index in [1.807, 2.05) is 0 Å². The van der Waals surface area contributed by atoms with E-state index in [1.165, 1.54) is 70.5 Å². The number of nitrogens with zero attached hydrogens (tertiary/aromatic N) is 4. The van der Waals surface area contributed by atoms with Crippen molar-refractivity contribution < 1.29 is 14.5 Å². The molecule has 2 aliphatic heterocycles. The normalized spacial score (nSPS) is 21.2. The average molecular weight is 539 g/mol. The molecule has 11 heteroatoms. The zero-order valence-electron chi connectivity index (χ0n) is 21.6. The molecule has 5 rings (SSSR count). The van der Waals surface area contributed by atoms with Crippen LogP contribution in [0.3, 0.4) is 0 Å². The molecule has 1 aromatic carbocycles. The van der Waals surface area contributed by atoms with Crippen LogP contribution in [0.5, 0.6) is 5.75 Å². The van der Waals surface area contributed by atoms with E-state index in [1.54, 1.807) is 0 Å². The van der Waals surface area contributed by atoms with Gasteiger partial charge in [-0.15, -0.1) is 0 Å². The van der Waals surface area contributed by atoms with E-state index in [0.717, 1.165) is 42.6 Å². The molecule has 38 heavy (non-hydrogen) atoms. The SMILES string of the molecule is COc1ccc(C(=O)c2sc(NC3=CCC(N4CCC(N5CCCCC5)CC4)C=C3)nc2N)cc1[N+](=O)[O-]. The van der Waals surface area contributed by atoms with E-state index < -0.39 is 10.7 Å². The number of carbonyl (C=O) groups is 1. The molecule has 1 aromatic heterocycles. The number of nitro benzene ring substituents is 1. The number of ether oxygens (including phenoxy) is 1. The molecule has 0 spiro atoms. The summed E-state index contributed by atoms with van der Waals surface area (Å²) in [6.07, 6.45) is 13.9. The number of nitrogen functional groups attached to an aromatic ring is 1. The Morgan fingerprint density at radius 2 is 1.95 bits per heavy atom. The number of allylic oxidation sites excluding steroid dienone is 1. The van der Waals surface area contributed by atoms with Crippen molar-refractivity contribution in [2.24, 2.45) is 0 Å². The minimum atomic E-state index is -0.579. The molecule has 0 saturated carbocycles. The Kier molecular flexibility index (Phi) is 8.06. The van der Waals surface area contributed by atoms with E-state index in [-0.39, 0.29) is 27.7 Å². The van der Waals surface area contributed by atoms with Gasteiger partial charge < -0.3 is 20.7 Å². The Morgan fingerprint density at radius 3 is 2.61 bits per heavy atom. The molecule has 1 aliphatic carbocycles. The van der Waals surface area contributed by atoms with Crippen LogP contribution in [0.15, 0.2) is 42.1 Å². The summed E-state index contributed by atoms with van der Waals surface area (Å²) < 4.78 is 5.02. The van der Waals surface area contributed by atoms with Crippen molar-refractivity contribution in [3.05, 3.63) is 62.7 Å². The summed E-state index contributed by atoms with van der Waals surface area (Å²) in [6.45, 7) is 4.79. The summed E-state index contributed by atoms with van der Waals surface area (Å²) >= 11 is 1.14. The fraction of sp³-hybridized carbons (Fsp3) is 0.481. The second kappa shape index (κ2) is 11.6. The molecule has 2 fully saturated rings. The number of ketones is 1. The van der Waals surface area contributed by atoms with Crippen LogP contribution >= 0.6 is 11.3 Å². The van der Waals surface area contributed by atoms with Crippen LogP contribution in [-0.4, -0.2) is 70.9 Å². The molecular weight excluding hydrogens is 504 g/mol. The van der Waals surface area contributed by atoms with Gasteiger partial charge in [0.25, 0.3) is 0 Å². The number of aromatic nitrogens is 1. The molecule has 0 bridgehead atoms. The van der Waals surface area contributed by atoms with Crippen molar-refractivity contribution in [1.82, 2.24) is 14.8 Å². The quantitative estimate of drug-likeness (QED) is 0.285. The van der Waals surface area contributed by atoms with Crippen molar-refractivity contribution in [1.29, 1.82) is 0 Å². The number of thiazole rings is 1. The summed E-state index contributed by atoms with van der Waals surface area (Å²) in [5.74, 6) is -0.234. The van der Waals surface area contributed by atoms with Gasteiger partial charge in [0.15, 0.2) is 10.9 Å². The zero-order chi connectivity index (χ0) is 26.6. The van der Waals surface area contributed by atoms with E-state index in [2.05, 4.69) is 38.3 Å². The predicted octanol–water partition coefficient (Wildman–Crippen LogP) is 4.45. The molecule has 202 valence electrons. The van der Waals surface area contributed by atoms with Crippen LogP contribution < -0.4 is 15.8 Å². The number of benzene rings is 1. The zero-order valence-corrected chi connectivity index (χ0v) is 22.4. The van der Waals surface area contributed by atoms with Crippen LogP contribution in [0.1, 0.15) is 53.8 Å². The first kappa shape index (κ1) is 26.3. The lowest BCUT2D eigenvalue weighted by Crippen LogP contribution is -2.49. The predicted molar refractivity (Wildman–Crippen MR) is 149 cm³/mol. The number of carbonyl (C=O) groups excluding carboxylic acids is 1. The lowest BCUT2D eigenvalue weighted by atomic mass is 9.97. The minimum absolute atomic E-state index is 0.0897. The van der Waals surface area contributed by atoms with Gasteiger partial charge in [-0.05, 0) is 63.4 Å². The van der Waals surface area contributed by atoms with Gasteiger partial charge in [-0.1, -0.05) is 29.9 Å². The smallest absolute Gasteiger partial charge is 0.311 e. The highest BCUT2D eigenvalue weighted by Crippen LogP contribution is 2.33. The Morgan fingerprint density at radius 1 is 1.18 bits per heavy atom. The molecule has 2 saturated heterocycles. The van der Waals surface area contributed by atoms with Gasteiger partial charge in [0, 0.05) is 42.5 Å². The summed E-state index contributed by atoms with van der Waals surface area (Å²) in [5, 5.41) is 15.1. The maximum Gasteiger partial charge on any atom is 0.311 e. The largest absolute Gasteiger partial charge is 0.490 e. The fourth-order valence-corrected chi connectivity index (χ4v) is 6.48. The monoisotopic (exact) mass is 538 g/mol. The molecule has 3 N–H and O–H groups in total. The second-order valence-electron chi connectivity index (χ2n) is 10.0. The molecule has 3 aliphatic rings. The summed E-state index contributed by atoms with van der Waals surface area (Å²) in [6, 6.07) is 5.24. The van der Waals surface area contributed by atoms with E-state index in [4.69, 9.17) is 10.5 Å². The lowest BCUT2D eigenvalue weighted by molar-refractivity contribution is -0.385. The number of rotatable bonds is 8. The number of anilines is 2.